The second-order valence-electron chi connectivity index (χ2n) is 6.11. The summed E-state index contributed by atoms with van der Waals surface area (Å²) in [5.74, 6) is -0.00724. The van der Waals surface area contributed by atoms with Gasteiger partial charge >= 0.3 is 0 Å². The molecule has 5 nitrogen and oxygen atoms in total. The second-order valence-corrected chi connectivity index (χ2v) is 6.11. The number of amides is 1. The van der Waals surface area contributed by atoms with E-state index in [2.05, 4.69) is 21.8 Å². The van der Waals surface area contributed by atoms with Gasteiger partial charge in [0.05, 0.1) is 17.4 Å². The third-order valence-electron chi connectivity index (χ3n) is 4.47. The van der Waals surface area contributed by atoms with Crippen molar-refractivity contribution in [3.63, 3.8) is 0 Å². The molecule has 24 heavy (non-hydrogen) atoms. The Balaban J connectivity index is 1.81. The summed E-state index contributed by atoms with van der Waals surface area (Å²) in [6.07, 6.45) is 3.51. The summed E-state index contributed by atoms with van der Waals surface area (Å²) in [5, 5.41) is 0. The molecule has 126 valence electrons. The highest BCUT2D eigenvalue weighted by molar-refractivity contribution is 6.06. The summed E-state index contributed by atoms with van der Waals surface area (Å²) in [6, 6.07) is 11.7. The molecule has 1 aromatic carbocycles. The highest BCUT2D eigenvalue weighted by Gasteiger charge is 2.19. The molecule has 0 unspecified atom stereocenters. The number of nitrogens with zero attached hydrogens (tertiary/aromatic N) is 4. The molecule has 1 saturated heterocycles. The lowest BCUT2D eigenvalue weighted by molar-refractivity contribution is 0.0988. The maximum atomic E-state index is 12.9. The average molecular weight is 324 g/mol. The zero-order chi connectivity index (χ0) is 16.9. The van der Waals surface area contributed by atoms with Crippen LogP contribution in [0.5, 0.6) is 0 Å². The van der Waals surface area contributed by atoms with E-state index in [-0.39, 0.29) is 5.91 Å². The first-order valence-electron chi connectivity index (χ1n) is 8.44. The van der Waals surface area contributed by atoms with Crippen LogP contribution in [0.3, 0.4) is 0 Å². The van der Waals surface area contributed by atoms with Crippen molar-refractivity contribution in [3.05, 3.63) is 54.4 Å². The summed E-state index contributed by atoms with van der Waals surface area (Å²) in [7, 11) is 2.13. The number of pyridine rings is 1. The monoisotopic (exact) mass is 324 g/mol. The van der Waals surface area contributed by atoms with Crippen molar-refractivity contribution in [3.8, 4) is 0 Å². The van der Waals surface area contributed by atoms with Crippen LogP contribution in [0.15, 0.2) is 48.8 Å². The molecule has 0 atom stereocenters. The Morgan fingerprint density at radius 2 is 1.83 bits per heavy atom. The van der Waals surface area contributed by atoms with E-state index in [4.69, 9.17) is 0 Å². The van der Waals surface area contributed by atoms with Crippen LogP contribution in [-0.2, 0) is 0 Å². The quantitative estimate of drug-likeness (QED) is 0.866. The molecule has 2 aromatic rings. The minimum absolute atomic E-state index is 0.00724. The van der Waals surface area contributed by atoms with E-state index in [0.29, 0.717) is 12.1 Å². The predicted octanol–water partition coefficient (Wildman–Crippen LogP) is 2.50. The number of rotatable bonds is 4. The Morgan fingerprint density at radius 3 is 2.50 bits per heavy atom. The van der Waals surface area contributed by atoms with Gasteiger partial charge in [0.25, 0.3) is 5.91 Å². The smallest absolute Gasteiger partial charge is 0.259 e. The molecule has 1 amide bonds. The number of likely N-dealkylation sites (N-methyl/N-ethyl adjacent to an activating group) is 1. The maximum absolute atomic E-state index is 12.9. The van der Waals surface area contributed by atoms with E-state index in [9.17, 15) is 4.79 Å². The van der Waals surface area contributed by atoms with Gasteiger partial charge in [-0.05, 0) is 32.2 Å². The van der Waals surface area contributed by atoms with Crippen molar-refractivity contribution in [1.29, 1.82) is 0 Å². The van der Waals surface area contributed by atoms with Crippen molar-refractivity contribution < 1.29 is 4.79 Å². The van der Waals surface area contributed by atoms with Gasteiger partial charge in [-0.15, -0.1) is 0 Å². The molecule has 1 aliphatic rings. The number of benzene rings is 1. The van der Waals surface area contributed by atoms with Gasteiger partial charge in [0.15, 0.2) is 0 Å². The normalized spacial score (nSPS) is 15.3. The molecule has 0 N–H and O–H groups in total. The Hall–Kier alpha value is -2.40. The van der Waals surface area contributed by atoms with E-state index in [1.165, 1.54) is 0 Å². The molecule has 1 aromatic heterocycles. The van der Waals surface area contributed by atoms with Crippen LogP contribution in [0.1, 0.15) is 17.3 Å². The SMILES string of the molecule is CCN(C(=O)c1cncc(N2CCN(C)CC2)c1)c1ccccc1. The number of aromatic nitrogens is 1. The number of anilines is 2. The number of piperazine rings is 1. The van der Waals surface area contributed by atoms with Crippen LogP contribution in [0, 0.1) is 0 Å². The van der Waals surface area contributed by atoms with Crippen LogP contribution in [0.4, 0.5) is 11.4 Å². The van der Waals surface area contributed by atoms with Gasteiger partial charge in [0, 0.05) is 44.6 Å². The first-order chi connectivity index (χ1) is 11.7. The summed E-state index contributed by atoms with van der Waals surface area (Å²) in [4.78, 5) is 23.6. The molecular weight excluding hydrogens is 300 g/mol. The number of carbonyl (C=O) groups excluding carboxylic acids is 1. The number of hydrogen-bond acceptors (Lipinski definition) is 4. The topological polar surface area (TPSA) is 39.7 Å². The van der Waals surface area contributed by atoms with Gasteiger partial charge in [-0.1, -0.05) is 18.2 Å². The molecular formula is C19H24N4O. The number of carbonyl (C=O) groups is 1. The lowest BCUT2D eigenvalue weighted by Crippen LogP contribution is -2.44. The van der Waals surface area contributed by atoms with Gasteiger partial charge < -0.3 is 14.7 Å². The molecule has 1 aliphatic heterocycles. The fourth-order valence-electron chi connectivity index (χ4n) is 2.99. The fraction of sp³-hybridized carbons (Fsp3) is 0.368. The largest absolute Gasteiger partial charge is 0.368 e. The fourth-order valence-corrected chi connectivity index (χ4v) is 2.99. The van der Waals surface area contributed by atoms with Gasteiger partial charge in [-0.25, -0.2) is 0 Å². The lowest BCUT2D eigenvalue weighted by atomic mass is 10.2. The summed E-state index contributed by atoms with van der Waals surface area (Å²) < 4.78 is 0. The van der Waals surface area contributed by atoms with E-state index in [1.807, 2.05) is 49.5 Å². The molecule has 1 fully saturated rings. The van der Waals surface area contributed by atoms with E-state index < -0.39 is 0 Å². The molecule has 2 heterocycles. The third-order valence-corrected chi connectivity index (χ3v) is 4.47. The zero-order valence-corrected chi connectivity index (χ0v) is 14.4. The Kier molecular flexibility index (Phi) is 5.11. The van der Waals surface area contributed by atoms with Crippen LogP contribution >= 0.6 is 0 Å². The lowest BCUT2D eigenvalue weighted by Gasteiger charge is -2.34. The number of para-hydroxylation sites is 1. The molecule has 5 heteroatoms. The van der Waals surface area contributed by atoms with Crippen molar-refractivity contribution in [2.45, 2.75) is 6.92 Å². The minimum atomic E-state index is -0.00724. The zero-order valence-electron chi connectivity index (χ0n) is 14.4. The third kappa shape index (κ3) is 3.57. The predicted molar refractivity (Wildman–Crippen MR) is 97.7 cm³/mol. The molecule has 0 bridgehead atoms. The Bertz CT molecular complexity index is 681. The first kappa shape index (κ1) is 16.5. The first-order valence-corrected chi connectivity index (χ1v) is 8.44. The molecule has 0 spiro atoms. The summed E-state index contributed by atoms with van der Waals surface area (Å²) in [5.41, 5.74) is 2.57. The van der Waals surface area contributed by atoms with Gasteiger partial charge in [0.1, 0.15) is 0 Å². The van der Waals surface area contributed by atoms with Gasteiger partial charge in [-0.2, -0.15) is 0 Å². The second kappa shape index (κ2) is 7.45. The summed E-state index contributed by atoms with van der Waals surface area (Å²) in [6.45, 7) is 6.61. The Morgan fingerprint density at radius 1 is 1.12 bits per heavy atom. The molecule has 3 rings (SSSR count). The van der Waals surface area contributed by atoms with E-state index in [1.54, 1.807) is 11.1 Å². The van der Waals surface area contributed by atoms with Crippen LogP contribution in [-0.4, -0.2) is 55.6 Å². The van der Waals surface area contributed by atoms with Crippen molar-refractivity contribution in [2.24, 2.45) is 0 Å². The van der Waals surface area contributed by atoms with E-state index >= 15 is 0 Å². The van der Waals surface area contributed by atoms with Crippen molar-refractivity contribution >= 4 is 17.3 Å². The number of hydrogen-bond donors (Lipinski definition) is 0. The van der Waals surface area contributed by atoms with Gasteiger partial charge in [0.2, 0.25) is 0 Å². The highest BCUT2D eigenvalue weighted by atomic mass is 16.2. The molecule has 0 aliphatic carbocycles. The average Bonchev–Trinajstić information content (AvgIpc) is 2.64. The van der Waals surface area contributed by atoms with Crippen LogP contribution < -0.4 is 9.80 Å². The van der Waals surface area contributed by atoms with Gasteiger partial charge in [-0.3, -0.25) is 9.78 Å². The molecule has 0 saturated carbocycles. The highest BCUT2D eigenvalue weighted by Crippen LogP contribution is 2.20. The minimum Gasteiger partial charge on any atom is -0.368 e. The van der Waals surface area contributed by atoms with Crippen LogP contribution in [0.2, 0.25) is 0 Å². The van der Waals surface area contributed by atoms with Crippen molar-refractivity contribution in [1.82, 2.24) is 9.88 Å². The summed E-state index contributed by atoms with van der Waals surface area (Å²) >= 11 is 0. The maximum Gasteiger partial charge on any atom is 0.259 e. The van der Waals surface area contributed by atoms with Crippen molar-refractivity contribution in [2.75, 3.05) is 49.6 Å². The Labute approximate surface area is 143 Å². The molecule has 0 radical (unpaired) electrons. The van der Waals surface area contributed by atoms with E-state index in [0.717, 1.165) is 37.6 Å². The van der Waals surface area contributed by atoms with Crippen LogP contribution in [0.25, 0.3) is 0 Å². The standard InChI is InChI=1S/C19H24N4O/c1-3-23(17-7-5-4-6-8-17)19(24)16-13-18(15-20-14-16)22-11-9-21(2)10-12-22/h4-8,13-15H,3,9-12H2,1-2H3.